The summed E-state index contributed by atoms with van der Waals surface area (Å²) >= 11 is 0. The maximum Gasteiger partial charge on any atom is 0.131 e. The van der Waals surface area contributed by atoms with Crippen LogP contribution in [0, 0.1) is 0 Å². The lowest BCUT2D eigenvalue weighted by Crippen LogP contribution is -2.23. The Kier molecular flexibility index (Phi) is 4.97. The van der Waals surface area contributed by atoms with Crippen LogP contribution in [0.15, 0.2) is 18.2 Å². The summed E-state index contributed by atoms with van der Waals surface area (Å²) in [6.07, 6.45) is 3.93. The first-order chi connectivity index (χ1) is 9.15. The largest absolute Gasteiger partial charge is 0.493 e. The van der Waals surface area contributed by atoms with Gasteiger partial charge in [-0.25, -0.2) is 0 Å². The van der Waals surface area contributed by atoms with Crippen molar-refractivity contribution in [2.45, 2.75) is 32.6 Å². The number of likely N-dealkylation sites (N-methyl/N-ethyl adjacent to an activating group) is 1. The van der Waals surface area contributed by atoms with Gasteiger partial charge in [0.05, 0.1) is 6.61 Å². The third-order valence-corrected chi connectivity index (χ3v) is 3.60. The Bertz CT molecular complexity index is 442. The van der Waals surface area contributed by atoms with Crippen molar-refractivity contribution < 1.29 is 9.53 Å². The van der Waals surface area contributed by atoms with E-state index in [9.17, 15) is 4.79 Å². The smallest absolute Gasteiger partial charge is 0.131 e. The van der Waals surface area contributed by atoms with Crippen molar-refractivity contribution in [3.63, 3.8) is 0 Å². The van der Waals surface area contributed by atoms with Crippen LogP contribution in [-0.2, 0) is 17.6 Å². The molecule has 0 aromatic heterocycles. The van der Waals surface area contributed by atoms with Crippen LogP contribution in [0.2, 0.25) is 0 Å². The molecule has 19 heavy (non-hydrogen) atoms. The van der Waals surface area contributed by atoms with Crippen LogP contribution in [0.5, 0.6) is 5.75 Å². The summed E-state index contributed by atoms with van der Waals surface area (Å²) in [6, 6.07) is 6.52. The zero-order chi connectivity index (χ0) is 13.7. The van der Waals surface area contributed by atoms with E-state index in [2.05, 4.69) is 30.1 Å². The van der Waals surface area contributed by atoms with Crippen LogP contribution in [0.3, 0.4) is 0 Å². The summed E-state index contributed by atoms with van der Waals surface area (Å²) in [7, 11) is 2.07. The molecule has 0 aliphatic carbocycles. The summed E-state index contributed by atoms with van der Waals surface area (Å²) in [4.78, 5) is 13.2. The summed E-state index contributed by atoms with van der Waals surface area (Å²) in [6.45, 7) is 4.34. The molecular formula is C16H23NO2. The molecule has 1 aliphatic heterocycles. The number of aryl methyl sites for hydroxylation is 1. The topological polar surface area (TPSA) is 29.5 Å². The van der Waals surface area contributed by atoms with Gasteiger partial charge in [-0.1, -0.05) is 12.1 Å². The van der Waals surface area contributed by atoms with E-state index < -0.39 is 0 Å². The molecule has 0 fully saturated rings. The van der Waals surface area contributed by atoms with Crippen LogP contribution in [0.1, 0.15) is 30.9 Å². The number of nitrogens with zero attached hydrogens (tertiary/aromatic N) is 1. The van der Waals surface area contributed by atoms with Crippen LogP contribution in [0.4, 0.5) is 0 Å². The summed E-state index contributed by atoms with van der Waals surface area (Å²) in [5, 5.41) is 0. The predicted octanol–water partition coefficient (Wildman–Crippen LogP) is 2.47. The molecular weight excluding hydrogens is 238 g/mol. The zero-order valence-corrected chi connectivity index (χ0v) is 11.9. The number of hydrogen-bond donors (Lipinski definition) is 0. The van der Waals surface area contributed by atoms with E-state index in [0.29, 0.717) is 6.42 Å². The molecule has 1 aliphatic rings. The molecule has 0 saturated heterocycles. The van der Waals surface area contributed by atoms with E-state index in [0.717, 1.165) is 44.7 Å². The summed E-state index contributed by atoms with van der Waals surface area (Å²) < 4.78 is 5.62. The Morgan fingerprint density at radius 3 is 3.00 bits per heavy atom. The highest BCUT2D eigenvalue weighted by atomic mass is 16.5. The molecule has 0 saturated carbocycles. The van der Waals surface area contributed by atoms with Gasteiger partial charge in [-0.2, -0.15) is 0 Å². The molecule has 104 valence electrons. The number of hydrogen-bond acceptors (Lipinski definition) is 3. The van der Waals surface area contributed by atoms with Crippen LogP contribution < -0.4 is 4.74 Å². The van der Waals surface area contributed by atoms with Gasteiger partial charge in [0.2, 0.25) is 0 Å². The van der Waals surface area contributed by atoms with Gasteiger partial charge in [0.1, 0.15) is 11.5 Å². The third-order valence-electron chi connectivity index (χ3n) is 3.60. The van der Waals surface area contributed by atoms with Gasteiger partial charge < -0.3 is 9.64 Å². The second-order valence-electron chi connectivity index (χ2n) is 5.40. The molecule has 0 amide bonds. The zero-order valence-electron chi connectivity index (χ0n) is 11.9. The molecule has 1 aromatic carbocycles. The number of rotatable bonds is 6. The fourth-order valence-corrected chi connectivity index (χ4v) is 2.35. The van der Waals surface area contributed by atoms with Crippen molar-refractivity contribution in [3.8, 4) is 5.75 Å². The van der Waals surface area contributed by atoms with Crippen LogP contribution in [-0.4, -0.2) is 37.4 Å². The van der Waals surface area contributed by atoms with E-state index in [1.165, 1.54) is 11.1 Å². The summed E-state index contributed by atoms with van der Waals surface area (Å²) in [5.74, 6) is 1.32. The van der Waals surface area contributed by atoms with Gasteiger partial charge in [-0.15, -0.1) is 0 Å². The number of fused-ring (bicyclic) bond motifs is 1. The van der Waals surface area contributed by atoms with E-state index in [1.807, 2.05) is 0 Å². The maximum absolute atomic E-state index is 10.9. The quantitative estimate of drug-likeness (QED) is 0.788. The minimum absolute atomic E-state index is 0.262. The fraction of sp³-hybridized carbons (Fsp3) is 0.562. The highest BCUT2D eigenvalue weighted by Crippen LogP contribution is 2.25. The average Bonchev–Trinajstić information content (AvgIpc) is 2.42. The second kappa shape index (κ2) is 6.71. The molecule has 1 heterocycles. The van der Waals surface area contributed by atoms with Gasteiger partial charge in [0.15, 0.2) is 0 Å². The Morgan fingerprint density at radius 1 is 1.37 bits per heavy atom. The maximum atomic E-state index is 10.9. The minimum Gasteiger partial charge on any atom is -0.493 e. The molecule has 1 aromatic rings. The van der Waals surface area contributed by atoms with Gasteiger partial charge in [0, 0.05) is 19.5 Å². The average molecular weight is 261 g/mol. The Balaban J connectivity index is 1.84. The van der Waals surface area contributed by atoms with Crippen LogP contribution in [0.25, 0.3) is 0 Å². The lowest BCUT2D eigenvalue weighted by molar-refractivity contribution is -0.117. The van der Waals surface area contributed by atoms with Gasteiger partial charge in [-0.3, -0.25) is 4.79 Å². The van der Waals surface area contributed by atoms with E-state index in [4.69, 9.17) is 4.74 Å². The van der Waals surface area contributed by atoms with Crippen molar-refractivity contribution in [2.24, 2.45) is 0 Å². The van der Waals surface area contributed by atoms with Gasteiger partial charge in [0.25, 0.3) is 0 Å². The van der Waals surface area contributed by atoms with Crippen molar-refractivity contribution in [1.82, 2.24) is 4.90 Å². The number of ether oxygens (including phenoxy) is 1. The standard InChI is InChI=1S/C16H23NO2/c1-13(18)7-9-17(2)10-8-14-5-6-16-15(12-14)4-3-11-19-16/h5-6,12H,3-4,7-11H2,1-2H3. The lowest BCUT2D eigenvalue weighted by Gasteiger charge is -2.19. The molecule has 0 bridgehead atoms. The monoisotopic (exact) mass is 261 g/mol. The number of Topliss-reactive ketones (excluding diaryl/α,β-unsaturated/α-hetero) is 1. The Hall–Kier alpha value is -1.35. The van der Waals surface area contributed by atoms with E-state index in [-0.39, 0.29) is 5.78 Å². The molecule has 0 spiro atoms. The third kappa shape index (κ3) is 4.35. The Morgan fingerprint density at radius 2 is 2.21 bits per heavy atom. The Labute approximate surface area is 115 Å². The van der Waals surface area contributed by atoms with E-state index in [1.54, 1.807) is 6.92 Å². The van der Waals surface area contributed by atoms with Crippen molar-refractivity contribution in [3.05, 3.63) is 29.3 Å². The number of benzene rings is 1. The van der Waals surface area contributed by atoms with Crippen molar-refractivity contribution >= 4 is 5.78 Å². The first kappa shape index (κ1) is 14.1. The molecule has 0 unspecified atom stereocenters. The molecule has 3 heteroatoms. The van der Waals surface area contributed by atoms with Crippen LogP contribution >= 0.6 is 0 Å². The molecule has 0 radical (unpaired) electrons. The fourth-order valence-electron chi connectivity index (χ4n) is 2.35. The first-order valence-corrected chi connectivity index (χ1v) is 7.08. The number of carbonyl (C=O) groups excluding carboxylic acids is 1. The van der Waals surface area contributed by atoms with Crippen molar-refractivity contribution in [1.29, 1.82) is 0 Å². The lowest BCUT2D eigenvalue weighted by atomic mass is 10.0. The highest BCUT2D eigenvalue weighted by molar-refractivity contribution is 5.75. The molecule has 0 atom stereocenters. The molecule has 2 rings (SSSR count). The summed E-state index contributed by atoms with van der Waals surface area (Å²) in [5.41, 5.74) is 2.70. The van der Waals surface area contributed by atoms with Gasteiger partial charge >= 0.3 is 0 Å². The SMILES string of the molecule is CC(=O)CCN(C)CCc1ccc2c(c1)CCCO2. The minimum atomic E-state index is 0.262. The number of carbonyl (C=O) groups is 1. The van der Waals surface area contributed by atoms with E-state index >= 15 is 0 Å². The second-order valence-corrected chi connectivity index (χ2v) is 5.40. The van der Waals surface area contributed by atoms with Crippen molar-refractivity contribution in [2.75, 3.05) is 26.7 Å². The predicted molar refractivity (Wildman–Crippen MR) is 76.8 cm³/mol. The normalized spacial score (nSPS) is 14.1. The molecule has 3 nitrogen and oxygen atoms in total. The van der Waals surface area contributed by atoms with Gasteiger partial charge in [-0.05, 0) is 50.4 Å². The molecule has 0 N–H and O–H groups in total. The number of ketones is 1. The highest BCUT2D eigenvalue weighted by Gasteiger charge is 2.10. The first-order valence-electron chi connectivity index (χ1n) is 7.08.